The van der Waals surface area contributed by atoms with Crippen molar-refractivity contribution in [3.05, 3.63) is 54.7 Å². The zero-order valence-corrected chi connectivity index (χ0v) is 17.7. The number of hydrogen-bond donors (Lipinski definition) is 3. The molecular formula is C23H24N6O3. The van der Waals surface area contributed by atoms with E-state index in [9.17, 15) is 5.11 Å². The van der Waals surface area contributed by atoms with Crippen molar-refractivity contribution in [1.82, 2.24) is 20.2 Å². The summed E-state index contributed by atoms with van der Waals surface area (Å²) in [5.74, 6) is 1.89. The molecule has 2 aromatic heterocycles. The smallest absolute Gasteiger partial charge is 0.228 e. The average Bonchev–Trinajstić information content (AvgIpc) is 3.27. The first kappa shape index (κ1) is 20.2. The van der Waals surface area contributed by atoms with Crippen LogP contribution in [-0.2, 0) is 4.74 Å². The lowest BCUT2D eigenvalue weighted by Crippen LogP contribution is -2.37. The zero-order chi connectivity index (χ0) is 21.9. The number of aromatic amines is 1. The third-order valence-corrected chi connectivity index (χ3v) is 5.16. The van der Waals surface area contributed by atoms with Gasteiger partial charge in [0.2, 0.25) is 5.95 Å². The fraction of sp³-hybridized carbons (Fsp3) is 0.261. The summed E-state index contributed by atoms with van der Waals surface area (Å²) in [7, 11) is 0. The van der Waals surface area contributed by atoms with Crippen LogP contribution in [0.5, 0.6) is 5.75 Å². The third kappa shape index (κ3) is 4.48. The Balaban J connectivity index is 1.52. The lowest BCUT2D eigenvalue weighted by atomic mass is 10.1. The second-order valence-electron chi connectivity index (χ2n) is 7.58. The van der Waals surface area contributed by atoms with E-state index in [-0.39, 0.29) is 0 Å². The molecule has 9 nitrogen and oxygen atoms in total. The van der Waals surface area contributed by atoms with Crippen LogP contribution in [0.3, 0.4) is 0 Å². The number of aliphatic hydroxyl groups excluding tert-OH is 1. The molecule has 0 amide bonds. The van der Waals surface area contributed by atoms with E-state index in [4.69, 9.17) is 19.4 Å². The fourth-order valence-corrected chi connectivity index (χ4v) is 3.65. The lowest BCUT2D eigenvalue weighted by Gasteiger charge is -2.27. The van der Waals surface area contributed by atoms with Gasteiger partial charge in [0, 0.05) is 35.8 Å². The van der Waals surface area contributed by atoms with Crippen LogP contribution in [0.25, 0.3) is 22.2 Å². The van der Waals surface area contributed by atoms with Crippen molar-refractivity contribution in [2.24, 2.45) is 0 Å². The molecule has 32 heavy (non-hydrogen) atoms. The Labute approximate surface area is 185 Å². The first-order valence-corrected chi connectivity index (χ1v) is 10.5. The minimum atomic E-state index is -0.894. The molecule has 5 rings (SSSR count). The molecule has 0 bridgehead atoms. The zero-order valence-electron chi connectivity index (χ0n) is 17.7. The van der Waals surface area contributed by atoms with Gasteiger partial charge in [0.15, 0.2) is 6.29 Å². The highest BCUT2D eigenvalue weighted by Crippen LogP contribution is 2.28. The van der Waals surface area contributed by atoms with Crippen LogP contribution >= 0.6 is 0 Å². The molecule has 2 aromatic carbocycles. The van der Waals surface area contributed by atoms with Crippen molar-refractivity contribution in [2.45, 2.75) is 13.2 Å². The highest BCUT2D eigenvalue weighted by atomic mass is 16.6. The fourth-order valence-electron chi connectivity index (χ4n) is 3.65. The highest BCUT2D eigenvalue weighted by molar-refractivity contribution is 5.83. The van der Waals surface area contributed by atoms with Gasteiger partial charge in [0.1, 0.15) is 11.6 Å². The highest BCUT2D eigenvalue weighted by Gasteiger charge is 2.17. The molecule has 1 atom stereocenters. The molecule has 0 saturated carbocycles. The number of morpholine rings is 1. The number of fused-ring (bicyclic) bond motifs is 1. The molecule has 1 fully saturated rings. The number of aromatic nitrogens is 4. The summed E-state index contributed by atoms with van der Waals surface area (Å²) in [5, 5.41) is 21.0. The maximum atomic E-state index is 9.57. The molecule has 0 spiro atoms. The molecule has 1 aliphatic rings. The second kappa shape index (κ2) is 8.81. The van der Waals surface area contributed by atoms with Crippen molar-refractivity contribution in [3.8, 4) is 17.0 Å². The summed E-state index contributed by atoms with van der Waals surface area (Å²) in [6, 6.07) is 15.4. The van der Waals surface area contributed by atoms with E-state index in [1.54, 1.807) is 19.2 Å². The monoisotopic (exact) mass is 432 g/mol. The Kier molecular flexibility index (Phi) is 5.57. The van der Waals surface area contributed by atoms with Crippen molar-refractivity contribution < 1.29 is 14.6 Å². The Bertz CT molecular complexity index is 1220. The number of H-pyrrole nitrogens is 1. The van der Waals surface area contributed by atoms with Crippen molar-refractivity contribution in [3.63, 3.8) is 0 Å². The van der Waals surface area contributed by atoms with Gasteiger partial charge in [0.25, 0.3) is 0 Å². The largest absolute Gasteiger partial charge is 0.465 e. The van der Waals surface area contributed by atoms with Crippen molar-refractivity contribution in [1.29, 1.82) is 0 Å². The van der Waals surface area contributed by atoms with Crippen LogP contribution in [0.15, 0.2) is 54.7 Å². The van der Waals surface area contributed by atoms with Crippen LogP contribution in [0.4, 0.5) is 17.5 Å². The summed E-state index contributed by atoms with van der Waals surface area (Å²) < 4.78 is 10.9. The van der Waals surface area contributed by atoms with Crippen LogP contribution in [0.1, 0.15) is 6.92 Å². The maximum absolute atomic E-state index is 9.57. The van der Waals surface area contributed by atoms with E-state index in [1.165, 1.54) is 0 Å². The molecule has 1 aliphatic heterocycles. The summed E-state index contributed by atoms with van der Waals surface area (Å²) in [6.45, 7) is 4.33. The quantitative estimate of drug-likeness (QED) is 0.398. The molecule has 0 radical (unpaired) electrons. The summed E-state index contributed by atoms with van der Waals surface area (Å²) >= 11 is 0. The van der Waals surface area contributed by atoms with E-state index in [0.717, 1.165) is 40.9 Å². The molecule has 3 N–H and O–H groups in total. The van der Waals surface area contributed by atoms with Gasteiger partial charge in [-0.25, -0.2) is 4.98 Å². The number of hydrogen-bond acceptors (Lipinski definition) is 8. The molecule has 3 heterocycles. The van der Waals surface area contributed by atoms with Crippen LogP contribution < -0.4 is 15.0 Å². The number of nitrogens with zero attached hydrogens (tertiary/aromatic N) is 4. The van der Waals surface area contributed by atoms with Gasteiger partial charge >= 0.3 is 0 Å². The average molecular weight is 432 g/mol. The molecule has 9 heteroatoms. The molecular weight excluding hydrogens is 408 g/mol. The summed E-state index contributed by atoms with van der Waals surface area (Å²) in [4.78, 5) is 11.7. The number of nitrogens with one attached hydrogen (secondary N) is 2. The van der Waals surface area contributed by atoms with Crippen LogP contribution in [0, 0.1) is 0 Å². The molecule has 4 aromatic rings. The van der Waals surface area contributed by atoms with Gasteiger partial charge < -0.3 is 24.8 Å². The van der Waals surface area contributed by atoms with E-state index >= 15 is 0 Å². The van der Waals surface area contributed by atoms with Gasteiger partial charge in [-0.1, -0.05) is 12.1 Å². The topological polar surface area (TPSA) is 108 Å². The molecule has 164 valence electrons. The van der Waals surface area contributed by atoms with E-state index in [0.29, 0.717) is 30.7 Å². The Morgan fingerprint density at radius 1 is 1.12 bits per heavy atom. The van der Waals surface area contributed by atoms with Crippen LogP contribution in [-0.4, -0.2) is 57.9 Å². The van der Waals surface area contributed by atoms with Crippen molar-refractivity contribution >= 4 is 28.4 Å². The standard InChI is InChI=1S/C23H24N6O3/c1-15(30)32-19-4-2-3-16(12-19)21-13-22(27-23(26-21)29-7-9-31-10-8-29)25-18-5-6-20-17(11-18)14-24-28-20/h2-6,11-15,30H,7-10H2,1H3,(H,24,28)(H,25,26,27). The van der Waals surface area contributed by atoms with Gasteiger partial charge in [0.05, 0.1) is 30.6 Å². The lowest BCUT2D eigenvalue weighted by molar-refractivity contribution is -0.000254. The normalized spacial score (nSPS) is 15.0. The minimum Gasteiger partial charge on any atom is -0.465 e. The second-order valence-corrected chi connectivity index (χ2v) is 7.58. The predicted octanol–water partition coefficient (Wildman–Crippen LogP) is 3.32. The first-order chi connectivity index (χ1) is 15.6. The van der Waals surface area contributed by atoms with E-state index in [2.05, 4.69) is 20.4 Å². The number of aliphatic hydroxyl groups is 1. The van der Waals surface area contributed by atoms with E-state index < -0.39 is 6.29 Å². The number of ether oxygens (including phenoxy) is 2. The Morgan fingerprint density at radius 3 is 2.84 bits per heavy atom. The summed E-state index contributed by atoms with van der Waals surface area (Å²) in [5.41, 5.74) is 3.50. The van der Waals surface area contributed by atoms with Gasteiger partial charge in [-0.15, -0.1) is 0 Å². The molecule has 1 unspecified atom stereocenters. The predicted molar refractivity (Wildman–Crippen MR) is 122 cm³/mol. The van der Waals surface area contributed by atoms with Gasteiger partial charge in [-0.2, -0.15) is 10.1 Å². The Morgan fingerprint density at radius 2 is 2.00 bits per heavy atom. The van der Waals surface area contributed by atoms with Crippen molar-refractivity contribution in [2.75, 3.05) is 36.5 Å². The van der Waals surface area contributed by atoms with E-state index in [1.807, 2.05) is 42.5 Å². The third-order valence-electron chi connectivity index (χ3n) is 5.16. The van der Waals surface area contributed by atoms with Gasteiger partial charge in [-0.3, -0.25) is 5.10 Å². The first-order valence-electron chi connectivity index (χ1n) is 10.5. The SMILES string of the molecule is CC(O)Oc1cccc(-c2cc(Nc3ccc4[nH]ncc4c3)nc(N3CCOCC3)n2)c1. The minimum absolute atomic E-state index is 0.573. The number of benzene rings is 2. The van der Waals surface area contributed by atoms with Crippen LogP contribution in [0.2, 0.25) is 0 Å². The number of anilines is 3. The molecule has 1 saturated heterocycles. The Hall–Kier alpha value is -3.69. The number of rotatable bonds is 6. The van der Waals surface area contributed by atoms with Gasteiger partial charge in [-0.05, 0) is 37.3 Å². The maximum Gasteiger partial charge on any atom is 0.228 e. The summed E-state index contributed by atoms with van der Waals surface area (Å²) in [6.07, 6.45) is 0.897. The molecule has 0 aliphatic carbocycles.